The number of hydrogen-bond acceptors (Lipinski definition) is 5. The average molecular weight is 450 g/mol. The van der Waals surface area contributed by atoms with Crippen LogP contribution in [0.5, 0.6) is 0 Å². The Morgan fingerprint density at radius 2 is 2.06 bits per heavy atom. The molecule has 1 aliphatic heterocycles. The van der Waals surface area contributed by atoms with Gasteiger partial charge in [0.15, 0.2) is 0 Å². The predicted octanol–water partition coefficient (Wildman–Crippen LogP) is 4.06. The molecule has 7 heteroatoms. The van der Waals surface area contributed by atoms with Crippen LogP contribution in [0.2, 0.25) is 0 Å². The van der Waals surface area contributed by atoms with Crippen molar-refractivity contribution < 1.29 is 14.3 Å². The molecule has 166 valence electrons. The number of carbonyl (C=O) groups excluding carboxylic acids is 2. The zero-order chi connectivity index (χ0) is 22.3. The van der Waals surface area contributed by atoms with E-state index in [2.05, 4.69) is 10.3 Å². The van der Waals surface area contributed by atoms with Gasteiger partial charge < -0.3 is 10.1 Å². The maximum absolute atomic E-state index is 13.6. The van der Waals surface area contributed by atoms with Crippen LogP contribution in [0.3, 0.4) is 0 Å². The summed E-state index contributed by atoms with van der Waals surface area (Å²) in [5.74, 6) is -0.383. The molecule has 1 fully saturated rings. The summed E-state index contributed by atoms with van der Waals surface area (Å²) >= 11 is 1.53. The standard InChI is InChI=1S/C25H27N3O3S/c1-18-8-10-19(11-9-18)24(25(30)27-17-21-6-3-13-31-21)28(20-5-2-12-26-16-20)23(29)15-22-7-4-14-32-22/h2,4-5,7-12,14,16,21,24H,3,6,13,15,17H2,1H3,(H,27,30)/t21-,24+/m1/s1. The zero-order valence-corrected chi connectivity index (χ0v) is 18.9. The van der Waals surface area contributed by atoms with E-state index in [1.54, 1.807) is 23.4 Å². The fraction of sp³-hybridized carbons (Fsp3) is 0.320. The minimum Gasteiger partial charge on any atom is -0.376 e. The van der Waals surface area contributed by atoms with Gasteiger partial charge >= 0.3 is 0 Å². The van der Waals surface area contributed by atoms with Gasteiger partial charge in [0.1, 0.15) is 6.04 Å². The Kier molecular flexibility index (Phi) is 7.29. The van der Waals surface area contributed by atoms with Gasteiger partial charge in [-0.3, -0.25) is 19.5 Å². The van der Waals surface area contributed by atoms with Crippen molar-refractivity contribution in [2.75, 3.05) is 18.1 Å². The number of nitrogens with one attached hydrogen (secondary N) is 1. The Hall–Kier alpha value is -3.03. The van der Waals surface area contributed by atoms with Gasteiger partial charge in [0.25, 0.3) is 0 Å². The van der Waals surface area contributed by atoms with Gasteiger partial charge in [-0.15, -0.1) is 11.3 Å². The van der Waals surface area contributed by atoms with Gasteiger partial charge in [-0.25, -0.2) is 0 Å². The van der Waals surface area contributed by atoms with Crippen LogP contribution in [0.15, 0.2) is 66.3 Å². The van der Waals surface area contributed by atoms with Gasteiger partial charge in [-0.2, -0.15) is 0 Å². The first kappa shape index (κ1) is 22.2. The lowest BCUT2D eigenvalue weighted by Gasteiger charge is -2.31. The number of nitrogens with zero attached hydrogens (tertiary/aromatic N) is 2. The third kappa shape index (κ3) is 5.41. The maximum atomic E-state index is 13.6. The molecular formula is C25H27N3O3S. The Labute approximate surface area is 192 Å². The van der Waals surface area contributed by atoms with Crippen molar-refractivity contribution >= 4 is 28.8 Å². The van der Waals surface area contributed by atoms with Crippen LogP contribution in [-0.2, 0) is 20.7 Å². The molecule has 0 radical (unpaired) electrons. The number of anilines is 1. The average Bonchev–Trinajstić information content (AvgIpc) is 3.51. The van der Waals surface area contributed by atoms with Crippen LogP contribution in [0.4, 0.5) is 5.69 Å². The van der Waals surface area contributed by atoms with Crippen molar-refractivity contribution in [3.05, 3.63) is 82.3 Å². The van der Waals surface area contributed by atoms with Crippen molar-refractivity contribution in [2.45, 2.75) is 38.3 Å². The molecule has 2 atom stereocenters. The van der Waals surface area contributed by atoms with Crippen LogP contribution in [0.1, 0.15) is 34.9 Å². The lowest BCUT2D eigenvalue weighted by atomic mass is 10.0. The van der Waals surface area contributed by atoms with Gasteiger partial charge in [0.2, 0.25) is 11.8 Å². The first-order valence-corrected chi connectivity index (χ1v) is 11.7. The van der Waals surface area contributed by atoms with Crippen molar-refractivity contribution in [3.8, 4) is 0 Å². The number of aromatic nitrogens is 1. The van der Waals surface area contributed by atoms with E-state index < -0.39 is 6.04 Å². The molecule has 2 aromatic heterocycles. The fourth-order valence-corrected chi connectivity index (χ4v) is 4.56. The highest BCUT2D eigenvalue weighted by Gasteiger charge is 2.33. The summed E-state index contributed by atoms with van der Waals surface area (Å²) < 4.78 is 5.66. The number of ether oxygens (including phenoxy) is 1. The van der Waals surface area contributed by atoms with E-state index in [0.29, 0.717) is 12.2 Å². The molecule has 1 aliphatic rings. The highest BCUT2D eigenvalue weighted by Crippen LogP contribution is 2.29. The third-order valence-corrected chi connectivity index (χ3v) is 6.40. The van der Waals surface area contributed by atoms with E-state index >= 15 is 0 Å². The second-order valence-electron chi connectivity index (χ2n) is 7.92. The molecule has 4 rings (SSSR count). The smallest absolute Gasteiger partial charge is 0.247 e. The Bertz CT molecular complexity index is 1020. The quantitative estimate of drug-likeness (QED) is 0.563. The molecule has 1 N–H and O–H groups in total. The van der Waals surface area contributed by atoms with Crippen molar-refractivity contribution in [1.82, 2.24) is 10.3 Å². The molecule has 32 heavy (non-hydrogen) atoms. The molecule has 6 nitrogen and oxygen atoms in total. The SMILES string of the molecule is Cc1ccc([C@@H](C(=O)NC[C@H]2CCCO2)N(C(=O)Cc2cccs2)c2cccnc2)cc1. The summed E-state index contributed by atoms with van der Waals surface area (Å²) in [6.07, 6.45) is 5.45. The Balaban J connectivity index is 1.68. The Morgan fingerprint density at radius 1 is 1.22 bits per heavy atom. The molecule has 3 heterocycles. The van der Waals surface area contributed by atoms with E-state index in [1.807, 2.05) is 54.8 Å². The molecule has 0 spiro atoms. The number of amides is 2. The van der Waals surface area contributed by atoms with E-state index in [9.17, 15) is 9.59 Å². The first-order valence-electron chi connectivity index (χ1n) is 10.8. The van der Waals surface area contributed by atoms with Crippen molar-refractivity contribution in [2.24, 2.45) is 0 Å². The van der Waals surface area contributed by atoms with Crippen LogP contribution in [0, 0.1) is 6.92 Å². The van der Waals surface area contributed by atoms with E-state index in [0.717, 1.165) is 35.5 Å². The normalized spacial score (nSPS) is 16.5. The largest absolute Gasteiger partial charge is 0.376 e. The minimum absolute atomic E-state index is 0.0197. The summed E-state index contributed by atoms with van der Waals surface area (Å²) in [5, 5.41) is 4.97. The molecule has 0 unspecified atom stereocenters. The number of hydrogen-bond donors (Lipinski definition) is 1. The zero-order valence-electron chi connectivity index (χ0n) is 18.1. The molecule has 3 aromatic rings. The number of aryl methyl sites for hydroxylation is 1. The topological polar surface area (TPSA) is 71.5 Å². The van der Waals surface area contributed by atoms with E-state index in [-0.39, 0.29) is 24.3 Å². The number of thiophene rings is 1. The molecule has 0 aliphatic carbocycles. The summed E-state index contributed by atoms with van der Waals surface area (Å²) in [6.45, 7) is 3.15. The van der Waals surface area contributed by atoms with Gasteiger partial charge in [-0.1, -0.05) is 35.9 Å². The second kappa shape index (κ2) is 10.5. The van der Waals surface area contributed by atoms with Crippen molar-refractivity contribution in [1.29, 1.82) is 0 Å². The molecule has 0 saturated carbocycles. The third-order valence-electron chi connectivity index (χ3n) is 5.53. The van der Waals surface area contributed by atoms with E-state index in [4.69, 9.17) is 4.74 Å². The number of benzene rings is 1. The number of rotatable bonds is 8. The van der Waals surface area contributed by atoms with Crippen LogP contribution in [-0.4, -0.2) is 36.1 Å². The molecule has 1 aromatic carbocycles. The number of carbonyl (C=O) groups is 2. The first-order chi connectivity index (χ1) is 15.6. The predicted molar refractivity (Wildman–Crippen MR) is 126 cm³/mol. The monoisotopic (exact) mass is 449 g/mol. The lowest BCUT2D eigenvalue weighted by Crippen LogP contribution is -2.46. The summed E-state index contributed by atoms with van der Waals surface area (Å²) in [5.41, 5.74) is 2.43. The highest BCUT2D eigenvalue weighted by atomic mass is 32.1. The van der Waals surface area contributed by atoms with Crippen LogP contribution < -0.4 is 10.2 Å². The fourth-order valence-electron chi connectivity index (χ4n) is 3.86. The molecule has 1 saturated heterocycles. The number of pyridine rings is 1. The lowest BCUT2D eigenvalue weighted by molar-refractivity contribution is -0.126. The second-order valence-corrected chi connectivity index (χ2v) is 8.96. The van der Waals surface area contributed by atoms with Gasteiger partial charge in [-0.05, 0) is 48.9 Å². The van der Waals surface area contributed by atoms with Crippen LogP contribution in [0.25, 0.3) is 0 Å². The molecule has 2 amide bonds. The van der Waals surface area contributed by atoms with E-state index in [1.165, 1.54) is 11.3 Å². The van der Waals surface area contributed by atoms with Crippen molar-refractivity contribution in [3.63, 3.8) is 0 Å². The van der Waals surface area contributed by atoms with Gasteiger partial charge in [0, 0.05) is 24.2 Å². The maximum Gasteiger partial charge on any atom is 0.247 e. The van der Waals surface area contributed by atoms with Gasteiger partial charge in [0.05, 0.1) is 24.4 Å². The molecular weight excluding hydrogens is 422 g/mol. The molecule has 0 bridgehead atoms. The highest BCUT2D eigenvalue weighted by molar-refractivity contribution is 7.10. The minimum atomic E-state index is -0.811. The summed E-state index contributed by atoms with van der Waals surface area (Å²) in [6, 6.07) is 14.4. The van der Waals surface area contributed by atoms with Crippen LogP contribution >= 0.6 is 11.3 Å². The summed E-state index contributed by atoms with van der Waals surface area (Å²) in [4.78, 5) is 33.8. The summed E-state index contributed by atoms with van der Waals surface area (Å²) in [7, 11) is 0. The Morgan fingerprint density at radius 3 is 2.72 bits per heavy atom.